The molecule has 0 atom stereocenters. The maximum atomic E-state index is 5.98. The van der Waals surface area contributed by atoms with E-state index >= 15 is 0 Å². The number of hydrogen-bond acceptors (Lipinski definition) is 3. The number of aromatic nitrogens is 3. The minimum atomic E-state index is 0.959. The molecule has 0 aliphatic heterocycles. The molecule has 5 heterocycles. The smallest absolute Gasteiger partial charge is 0.146 e. The standard InChI is InChI=1S/C61H37N5/c1-5-21-40(22-6-1)63(41-23-7-2-8-24-41)51-33-17-31-46-48-35-38-19-13-16-30-45(38)55-49-37-53-56(62-61(49)66(57(46)51)59(48)55)50-36-39-20-14-15-29-44(39)54-47-32-18-34-52(58(47)65(53)60(50)54)64(42-25-9-3-10-26-42)43-27-11-4-12-28-43/h1-37H. The average molecular weight is 840 g/mol. The number of rotatable bonds is 6. The van der Waals surface area contributed by atoms with Gasteiger partial charge in [-0.1, -0.05) is 146 Å². The topological polar surface area (TPSA) is 28.2 Å². The summed E-state index contributed by atoms with van der Waals surface area (Å²) in [5.41, 5.74) is 14.4. The van der Waals surface area contributed by atoms with E-state index < -0.39 is 0 Å². The van der Waals surface area contributed by atoms with Crippen LogP contribution >= 0.6 is 0 Å². The first-order chi connectivity index (χ1) is 32.8. The van der Waals surface area contributed by atoms with E-state index in [1.54, 1.807) is 0 Å². The second-order valence-electron chi connectivity index (χ2n) is 17.5. The SMILES string of the molecule is c1ccc(N(c2ccccc2)c2cccc3c4c5ccccc5cc5c6nc7c(cc6n(c23)c54)c2c3ccccc3cc3c4cccc(N(c5ccccc5)c5ccccc5)c4n7c32)cc1. The Balaban J connectivity index is 1.15. The van der Waals surface area contributed by atoms with Crippen LogP contribution in [0.5, 0.6) is 0 Å². The van der Waals surface area contributed by atoms with E-state index in [1.807, 2.05) is 0 Å². The van der Waals surface area contributed by atoms with Gasteiger partial charge in [-0.2, -0.15) is 0 Å². The van der Waals surface area contributed by atoms with E-state index in [-0.39, 0.29) is 0 Å². The maximum absolute atomic E-state index is 5.98. The molecule has 0 saturated heterocycles. The molecule has 15 rings (SSSR count). The minimum absolute atomic E-state index is 0.959. The highest BCUT2D eigenvalue weighted by Crippen LogP contribution is 2.51. The van der Waals surface area contributed by atoms with Gasteiger partial charge in [0.05, 0.1) is 44.5 Å². The first-order valence-electron chi connectivity index (χ1n) is 22.6. The van der Waals surface area contributed by atoms with Crippen molar-refractivity contribution in [3.05, 3.63) is 224 Å². The van der Waals surface area contributed by atoms with Gasteiger partial charge >= 0.3 is 0 Å². The highest BCUT2D eigenvalue weighted by molar-refractivity contribution is 6.36. The molecule has 15 aromatic rings. The van der Waals surface area contributed by atoms with Crippen molar-refractivity contribution >= 4 is 132 Å². The molecule has 306 valence electrons. The first kappa shape index (κ1) is 35.5. The molecule has 10 aromatic carbocycles. The summed E-state index contributed by atoms with van der Waals surface area (Å²) in [6.07, 6.45) is 0. The van der Waals surface area contributed by atoms with E-state index in [0.29, 0.717) is 0 Å². The molecule has 0 amide bonds. The largest absolute Gasteiger partial charge is 0.308 e. The van der Waals surface area contributed by atoms with Crippen LogP contribution in [0.25, 0.3) is 98.0 Å². The van der Waals surface area contributed by atoms with Gasteiger partial charge in [0.1, 0.15) is 5.65 Å². The molecule has 0 spiro atoms. The molecular formula is C61H37N5. The summed E-state index contributed by atoms with van der Waals surface area (Å²) in [4.78, 5) is 10.8. The van der Waals surface area contributed by atoms with Crippen LogP contribution < -0.4 is 9.80 Å². The maximum Gasteiger partial charge on any atom is 0.146 e. The Labute approximate surface area is 378 Å². The Bertz CT molecular complexity index is 4310. The highest BCUT2D eigenvalue weighted by Gasteiger charge is 2.29. The van der Waals surface area contributed by atoms with Crippen molar-refractivity contribution < 1.29 is 0 Å². The van der Waals surface area contributed by atoms with Crippen molar-refractivity contribution in [3.63, 3.8) is 0 Å². The zero-order valence-corrected chi connectivity index (χ0v) is 35.6. The van der Waals surface area contributed by atoms with E-state index in [9.17, 15) is 0 Å². The van der Waals surface area contributed by atoms with Crippen LogP contribution in [0.4, 0.5) is 34.1 Å². The van der Waals surface area contributed by atoms with Gasteiger partial charge in [0.15, 0.2) is 0 Å². The predicted molar refractivity (Wildman–Crippen MR) is 278 cm³/mol. The summed E-state index contributed by atoms with van der Waals surface area (Å²) >= 11 is 0. The number of nitrogens with zero attached hydrogens (tertiary/aromatic N) is 5. The highest BCUT2D eigenvalue weighted by atomic mass is 15.2. The van der Waals surface area contributed by atoms with Gasteiger partial charge in [0, 0.05) is 60.5 Å². The molecule has 0 aliphatic carbocycles. The number of fused-ring (bicyclic) bond motifs is 16. The molecule has 5 aromatic heterocycles. The third-order valence-electron chi connectivity index (χ3n) is 14.0. The van der Waals surface area contributed by atoms with Gasteiger partial charge in [0.25, 0.3) is 0 Å². The van der Waals surface area contributed by atoms with Gasteiger partial charge in [0.2, 0.25) is 0 Å². The normalized spacial score (nSPS) is 12.2. The van der Waals surface area contributed by atoms with E-state index in [2.05, 4.69) is 243 Å². The number of benzene rings is 10. The van der Waals surface area contributed by atoms with Crippen molar-refractivity contribution in [2.75, 3.05) is 9.80 Å². The van der Waals surface area contributed by atoms with Crippen molar-refractivity contribution in [1.29, 1.82) is 0 Å². The van der Waals surface area contributed by atoms with Gasteiger partial charge in [-0.05, 0) is 100 Å². The molecule has 0 N–H and O–H groups in total. The quantitative estimate of drug-likeness (QED) is 0.167. The zero-order chi connectivity index (χ0) is 43.0. The fourth-order valence-electron chi connectivity index (χ4n) is 11.4. The summed E-state index contributed by atoms with van der Waals surface area (Å²) in [5.74, 6) is 0. The zero-order valence-electron chi connectivity index (χ0n) is 35.6. The van der Waals surface area contributed by atoms with Gasteiger partial charge in [-0.15, -0.1) is 0 Å². The van der Waals surface area contributed by atoms with E-state index in [4.69, 9.17) is 4.98 Å². The van der Waals surface area contributed by atoms with Crippen LogP contribution in [0.2, 0.25) is 0 Å². The Morgan fingerprint density at radius 3 is 1.27 bits per heavy atom. The lowest BCUT2D eigenvalue weighted by molar-refractivity contribution is 1.25. The van der Waals surface area contributed by atoms with Crippen LogP contribution in [0.15, 0.2) is 224 Å². The Hall–Kier alpha value is -8.93. The van der Waals surface area contributed by atoms with Crippen LogP contribution in [0, 0.1) is 0 Å². The molecule has 0 aliphatic rings. The van der Waals surface area contributed by atoms with Crippen LogP contribution in [-0.4, -0.2) is 13.8 Å². The van der Waals surface area contributed by atoms with Gasteiger partial charge in [-0.3, -0.25) is 4.40 Å². The Kier molecular flexibility index (Phi) is 7.16. The molecule has 0 radical (unpaired) electrons. The summed E-state index contributed by atoms with van der Waals surface area (Å²) in [6, 6.07) is 81.5. The lowest BCUT2D eigenvalue weighted by Gasteiger charge is -2.26. The molecule has 0 unspecified atom stereocenters. The van der Waals surface area contributed by atoms with Gasteiger partial charge in [-0.25, -0.2) is 4.98 Å². The molecule has 5 nitrogen and oxygen atoms in total. The summed E-state index contributed by atoms with van der Waals surface area (Å²) in [6.45, 7) is 0. The predicted octanol–water partition coefficient (Wildman–Crippen LogP) is 16.6. The fourth-order valence-corrected chi connectivity index (χ4v) is 11.4. The number of hydrogen-bond donors (Lipinski definition) is 0. The lowest BCUT2D eigenvalue weighted by atomic mass is 9.99. The van der Waals surface area contributed by atoms with Gasteiger partial charge < -0.3 is 14.2 Å². The second kappa shape index (κ2) is 13.3. The van der Waals surface area contributed by atoms with Crippen molar-refractivity contribution in [3.8, 4) is 0 Å². The minimum Gasteiger partial charge on any atom is -0.308 e. The lowest BCUT2D eigenvalue weighted by Crippen LogP contribution is -2.10. The number of para-hydroxylation sites is 6. The number of pyridine rings is 1. The average Bonchev–Trinajstić information content (AvgIpc) is 4.10. The molecule has 0 fully saturated rings. The van der Waals surface area contributed by atoms with Crippen molar-refractivity contribution in [2.45, 2.75) is 0 Å². The summed E-state index contributed by atoms with van der Waals surface area (Å²) in [7, 11) is 0. The fraction of sp³-hybridized carbons (Fsp3) is 0. The molecule has 0 bridgehead atoms. The third kappa shape index (κ3) is 4.70. The van der Waals surface area contributed by atoms with Crippen LogP contribution in [0.3, 0.4) is 0 Å². The Morgan fingerprint density at radius 1 is 0.303 bits per heavy atom. The summed E-state index contributed by atoms with van der Waals surface area (Å²) in [5, 5.41) is 13.3. The molecule has 66 heavy (non-hydrogen) atoms. The third-order valence-corrected chi connectivity index (χ3v) is 14.0. The molecular weight excluding hydrogens is 803 g/mol. The second-order valence-corrected chi connectivity index (χ2v) is 17.5. The Morgan fingerprint density at radius 2 is 0.727 bits per heavy atom. The van der Waals surface area contributed by atoms with Crippen molar-refractivity contribution in [1.82, 2.24) is 13.8 Å². The van der Waals surface area contributed by atoms with Crippen molar-refractivity contribution in [2.24, 2.45) is 0 Å². The van der Waals surface area contributed by atoms with E-state index in [0.717, 1.165) is 72.6 Å². The molecule has 5 heteroatoms. The number of anilines is 6. The molecule has 0 saturated carbocycles. The van der Waals surface area contributed by atoms with Crippen LogP contribution in [-0.2, 0) is 0 Å². The van der Waals surface area contributed by atoms with Crippen LogP contribution in [0.1, 0.15) is 0 Å². The first-order valence-corrected chi connectivity index (χ1v) is 22.6. The summed E-state index contributed by atoms with van der Waals surface area (Å²) < 4.78 is 5.02. The van der Waals surface area contributed by atoms with E-state index in [1.165, 1.54) is 59.5 Å². The monoisotopic (exact) mass is 839 g/mol.